The molecular weight excluding hydrogens is 212 g/mol. The summed E-state index contributed by atoms with van der Waals surface area (Å²) in [7, 11) is 0. The van der Waals surface area contributed by atoms with Crippen LogP contribution in [-0.2, 0) is 9.53 Å². The molecule has 12 heavy (non-hydrogen) atoms. The lowest BCUT2D eigenvalue weighted by atomic mass is 10.4. The fraction of sp³-hybridized carbons (Fsp3) is 0.571. The summed E-state index contributed by atoms with van der Waals surface area (Å²) < 4.78 is 5.09. The Hall–Kier alpha value is 0.260. The van der Waals surface area contributed by atoms with Crippen LogP contribution in [0.2, 0.25) is 0 Å². The monoisotopic (exact) mass is 222 g/mol. The Bertz CT molecular complexity index is 187. The molecule has 0 aliphatic carbocycles. The van der Waals surface area contributed by atoms with Crippen molar-refractivity contribution < 1.29 is 9.53 Å². The molecule has 0 N–H and O–H groups in total. The third-order valence-electron chi connectivity index (χ3n) is 1.13. The van der Waals surface area contributed by atoms with Crippen LogP contribution in [0.3, 0.4) is 0 Å². The summed E-state index contributed by atoms with van der Waals surface area (Å²) in [6, 6.07) is 0. The molecule has 1 aliphatic rings. The van der Waals surface area contributed by atoms with E-state index in [2.05, 4.69) is 6.58 Å². The van der Waals surface area contributed by atoms with Crippen molar-refractivity contribution in [3.63, 3.8) is 0 Å². The molecule has 68 valence electrons. The van der Waals surface area contributed by atoms with Crippen LogP contribution in [0.25, 0.3) is 0 Å². The molecule has 0 aromatic rings. The summed E-state index contributed by atoms with van der Waals surface area (Å²) in [6.07, 6.45) is 0. The third kappa shape index (κ3) is 3.33. The van der Waals surface area contributed by atoms with Gasteiger partial charge in [-0.3, -0.25) is 0 Å². The Kier molecular flexibility index (Phi) is 4.39. The van der Waals surface area contributed by atoms with E-state index in [0.29, 0.717) is 5.57 Å². The van der Waals surface area contributed by atoms with Crippen molar-refractivity contribution in [2.45, 2.75) is 11.7 Å². The minimum Gasteiger partial charge on any atom is -0.437 e. The highest BCUT2D eigenvalue weighted by Gasteiger charge is 2.18. The third-order valence-corrected chi connectivity index (χ3v) is 5.10. The van der Waals surface area contributed by atoms with Crippen LogP contribution in [0.15, 0.2) is 12.2 Å². The Morgan fingerprint density at radius 1 is 1.50 bits per heavy atom. The van der Waals surface area contributed by atoms with Gasteiger partial charge in [-0.15, -0.1) is 11.8 Å². The van der Waals surface area contributed by atoms with Gasteiger partial charge in [-0.05, 0) is 6.92 Å². The molecule has 1 saturated heterocycles. The summed E-state index contributed by atoms with van der Waals surface area (Å²) >= 11 is 5.15. The zero-order chi connectivity index (χ0) is 8.97. The molecule has 0 radical (unpaired) electrons. The number of ether oxygens (including phenoxy) is 1. The lowest BCUT2D eigenvalue weighted by molar-refractivity contribution is -0.137. The van der Waals surface area contributed by atoms with E-state index in [9.17, 15) is 4.79 Å². The maximum atomic E-state index is 11.1. The standard InChI is InChI=1S/C7H10O2S3/c1-5(2)6(8)9-7-11-3-10-4-12-7/h7H,1,3-4H2,2H3. The molecule has 5 heteroatoms. The Morgan fingerprint density at radius 2 is 2.08 bits per heavy atom. The molecule has 0 spiro atoms. The van der Waals surface area contributed by atoms with Crippen LogP contribution < -0.4 is 0 Å². The molecule has 1 fully saturated rings. The van der Waals surface area contributed by atoms with E-state index >= 15 is 0 Å². The van der Waals surface area contributed by atoms with E-state index in [1.165, 1.54) is 0 Å². The van der Waals surface area contributed by atoms with Crippen molar-refractivity contribution >= 4 is 41.3 Å². The Labute approximate surface area is 84.9 Å². The second-order valence-electron chi connectivity index (χ2n) is 2.25. The number of carbonyl (C=O) groups excluding carboxylic acids is 1. The van der Waals surface area contributed by atoms with Crippen molar-refractivity contribution in [3.8, 4) is 0 Å². The van der Waals surface area contributed by atoms with Gasteiger partial charge in [-0.1, -0.05) is 30.1 Å². The predicted octanol–water partition coefficient (Wildman–Crippen LogP) is 2.52. The van der Waals surface area contributed by atoms with Gasteiger partial charge in [0.2, 0.25) is 0 Å². The first-order chi connectivity index (χ1) is 5.70. The molecule has 0 aromatic carbocycles. The smallest absolute Gasteiger partial charge is 0.334 e. The van der Waals surface area contributed by atoms with E-state index in [1.807, 2.05) is 11.8 Å². The lowest BCUT2D eigenvalue weighted by Crippen LogP contribution is -2.14. The molecule has 0 amide bonds. The molecule has 0 saturated carbocycles. The molecule has 0 unspecified atom stereocenters. The summed E-state index contributed by atoms with van der Waals surface area (Å²) in [4.78, 5) is 11.1. The number of rotatable bonds is 2. The number of esters is 1. The molecule has 0 atom stereocenters. The second-order valence-corrected chi connectivity index (χ2v) is 6.36. The van der Waals surface area contributed by atoms with Crippen molar-refractivity contribution in [3.05, 3.63) is 12.2 Å². The highest BCUT2D eigenvalue weighted by atomic mass is 32.3. The normalized spacial score (nSPS) is 18.8. The first-order valence-electron chi connectivity index (χ1n) is 3.37. The average molecular weight is 222 g/mol. The quantitative estimate of drug-likeness (QED) is 0.528. The first-order valence-corrected chi connectivity index (χ1v) is 6.63. The van der Waals surface area contributed by atoms with E-state index in [-0.39, 0.29) is 10.7 Å². The van der Waals surface area contributed by atoms with Gasteiger partial charge in [0.25, 0.3) is 0 Å². The van der Waals surface area contributed by atoms with E-state index in [0.717, 1.165) is 10.2 Å². The van der Waals surface area contributed by atoms with Gasteiger partial charge < -0.3 is 4.74 Å². The van der Waals surface area contributed by atoms with Crippen LogP contribution in [0.4, 0.5) is 0 Å². The fourth-order valence-electron chi connectivity index (χ4n) is 0.545. The van der Waals surface area contributed by atoms with Crippen LogP contribution in [0.5, 0.6) is 0 Å². The molecule has 2 nitrogen and oxygen atoms in total. The summed E-state index contributed by atoms with van der Waals surface area (Å²) in [5.41, 5.74) is 0.467. The highest BCUT2D eigenvalue weighted by molar-refractivity contribution is 8.32. The van der Waals surface area contributed by atoms with Gasteiger partial charge in [-0.25, -0.2) is 4.79 Å². The van der Waals surface area contributed by atoms with Gasteiger partial charge in [-0.2, -0.15) is 0 Å². The summed E-state index contributed by atoms with van der Waals surface area (Å²) in [6.45, 7) is 5.18. The molecule has 1 rings (SSSR count). The van der Waals surface area contributed by atoms with E-state index in [1.54, 1.807) is 30.4 Å². The fourth-order valence-corrected chi connectivity index (χ4v) is 4.78. The van der Waals surface area contributed by atoms with Crippen LogP contribution in [-0.4, -0.2) is 20.9 Å². The molecular formula is C7H10O2S3. The Morgan fingerprint density at radius 3 is 2.58 bits per heavy atom. The molecule has 0 bridgehead atoms. The lowest BCUT2D eigenvalue weighted by Gasteiger charge is -2.20. The van der Waals surface area contributed by atoms with Crippen molar-refractivity contribution in [2.75, 3.05) is 10.2 Å². The second kappa shape index (κ2) is 5.09. The molecule has 0 aromatic heterocycles. The maximum absolute atomic E-state index is 11.1. The van der Waals surface area contributed by atoms with Crippen LogP contribution >= 0.6 is 35.3 Å². The molecule has 1 heterocycles. The van der Waals surface area contributed by atoms with Crippen molar-refractivity contribution in [2.24, 2.45) is 0 Å². The Balaban J connectivity index is 2.29. The van der Waals surface area contributed by atoms with Crippen molar-refractivity contribution in [1.29, 1.82) is 0 Å². The number of hydrogen-bond acceptors (Lipinski definition) is 5. The topological polar surface area (TPSA) is 26.3 Å². The predicted molar refractivity (Wildman–Crippen MR) is 57.2 cm³/mol. The molecule has 1 aliphatic heterocycles. The minimum absolute atomic E-state index is 0.0320. The van der Waals surface area contributed by atoms with Gasteiger partial charge in [0, 0.05) is 15.7 Å². The number of carbonyl (C=O) groups is 1. The average Bonchev–Trinajstić information content (AvgIpc) is 2.06. The van der Waals surface area contributed by atoms with Crippen LogP contribution in [0.1, 0.15) is 6.92 Å². The largest absolute Gasteiger partial charge is 0.437 e. The SMILES string of the molecule is C=C(C)C(=O)OC1SCSCS1. The van der Waals surface area contributed by atoms with Gasteiger partial charge in [0.1, 0.15) is 0 Å². The van der Waals surface area contributed by atoms with Gasteiger partial charge in [0.05, 0.1) is 0 Å². The van der Waals surface area contributed by atoms with Crippen LogP contribution in [0, 0.1) is 0 Å². The van der Waals surface area contributed by atoms with Gasteiger partial charge >= 0.3 is 5.97 Å². The number of hydrogen-bond donors (Lipinski definition) is 0. The zero-order valence-corrected chi connectivity index (χ0v) is 9.19. The van der Waals surface area contributed by atoms with Crippen molar-refractivity contribution in [1.82, 2.24) is 0 Å². The zero-order valence-electron chi connectivity index (χ0n) is 6.74. The van der Waals surface area contributed by atoms with E-state index < -0.39 is 0 Å². The first kappa shape index (κ1) is 10.3. The van der Waals surface area contributed by atoms with E-state index in [4.69, 9.17) is 4.74 Å². The maximum Gasteiger partial charge on any atom is 0.334 e. The summed E-state index contributed by atoms with van der Waals surface area (Å²) in [5, 5.41) is 2.00. The van der Waals surface area contributed by atoms with Gasteiger partial charge in [0.15, 0.2) is 4.77 Å². The minimum atomic E-state index is -0.285. The highest BCUT2D eigenvalue weighted by Crippen LogP contribution is 2.36. The number of thioether (sulfide) groups is 3. The summed E-state index contributed by atoms with van der Waals surface area (Å²) in [5.74, 6) is -0.285.